The normalized spacial score (nSPS) is 16.6. The number of aromatic nitrogens is 1. The van der Waals surface area contributed by atoms with Crippen molar-refractivity contribution in [1.29, 1.82) is 0 Å². The van der Waals surface area contributed by atoms with Crippen LogP contribution < -0.4 is 4.80 Å². The van der Waals surface area contributed by atoms with Crippen LogP contribution in [0.2, 0.25) is 0 Å². The minimum Gasteiger partial charge on any atom is -0.380 e. The highest BCUT2D eigenvalue weighted by molar-refractivity contribution is 7.91. The first kappa shape index (κ1) is 24.3. The van der Waals surface area contributed by atoms with Crippen molar-refractivity contribution >= 4 is 48.8 Å². The van der Waals surface area contributed by atoms with E-state index < -0.39 is 10.0 Å². The van der Waals surface area contributed by atoms with Crippen LogP contribution in [0.5, 0.6) is 0 Å². The zero-order chi connectivity index (χ0) is 23.6. The van der Waals surface area contributed by atoms with Crippen molar-refractivity contribution in [3.8, 4) is 0 Å². The lowest BCUT2D eigenvalue weighted by Gasteiger charge is -2.29. The lowest BCUT2D eigenvalue weighted by molar-refractivity contribution is -0.122. The molecule has 3 aromatic rings. The summed E-state index contributed by atoms with van der Waals surface area (Å²) in [6, 6.07) is 7.63. The summed E-state index contributed by atoms with van der Waals surface area (Å²) >= 11 is 2.75. The van der Waals surface area contributed by atoms with E-state index >= 15 is 0 Å². The van der Waals surface area contributed by atoms with Gasteiger partial charge >= 0.3 is 0 Å². The van der Waals surface area contributed by atoms with Crippen molar-refractivity contribution in [3.63, 3.8) is 0 Å². The van der Waals surface area contributed by atoms with E-state index in [0.717, 1.165) is 10.2 Å². The van der Waals surface area contributed by atoms with E-state index in [0.29, 0.717) is 54.7 Å². The van der Waals surface area contributed by atoms with Crippen LogP contribution in [0.3, 0.4) is 0 Å². The number of thiophene rings is 1. The number of carbonyl (C=O) groups is 1. The molecule has 1 aromatic carbocycles. The van der Waals surface area contributed by atoms with Gasteiger partial charge in [-0.05, 0) is 62.3 Å². The lowest BCUT2D eigenvalue weighted by Crippen LogP contribution is -2.40. The Labute approximate surface area is 202 Å². The molecule has 0 radical (unpaired) electrons. The van der Waals surface area contributed by atoms with Crippen LogP contribution in [0, 0.1) is 19.8 Å². The molecule has 178 valence electrons. The maximum atomic E-state index is 13.1. The molecule has 0 unspecified atom stereocenters. The smallest absolute Gasteiger partial charge is 0.252 e. The fraction of sp³-hybridized carbons (Fsp3) is 0.478. The van der Waals surface area contributed by atoms with E-state index in [2.05, 4.69) is 35.5 Å². The van der Waals surface area contributed by atoms with Crippen molar-refractivity contribution in [2.45, 2.75) is 44.4 Å². The molecule has 1 aliphatic heterocycles. The number of fused-ring (bicyclic) bond motifs is 1. The van der Waals surface area contributed by atoms with E-state index in [-0.39, 0.29) is 11.8 Å². The maximum Gasteiger partial charge on any atom is 0.252 e. The molecule has 0 spiro atoms. The van der Waals surface area contributed by atoms with Crippen LogP contribution in [-0.2, 0) is 26.1 Å². The predicted molar refractivity (Wildman–Crippen MR) is 132 cm³/mol. The Bertz CT molecular complexity index is 1300. The number of thiazole rings is 1. The fourth-order valence-electron chi connectivity index (χ4n) is 4.18. The third-order valence-corrected chi connectivity index (χ3v) is 10.4. The molecule has 0 bridgehead atoms. The number of aryl methyl sites for hydroxylation is 2. The molecule has 1 aliphatic rings. The summed E-state index contributed by atoms with van der Waals surface area (Å²) in [5.41, 5.74) is 3.40. The second-order valence-corrected chi connectivity index (χ2v) is 12.3. The van der Waals surface area contributed by atoms with Crippen LogP contribution in [0.1, 0.15) is 30.9 Å². The van der Waals surface area contributed by atoms with Gasteiger partial charge < -0.3 is 9.30 Å². The molecule has 10 heteroatoms. The molecule has 1 saturated heterocycles. The first-order chi connectivity index (χ1) is 15.8. The van der Waals surface area contributed by atoms with Gasteiger partial charge in [-0.3, -0.25) is 4.79 Å². The fourth-order valence-corrected chi connectivity index (χ4v) is 7.91. The third kappa shape index (κ3) is 5.14. The van der Waals surface area contributed by atoms with Gasteiger partial charge in [0.05, 0.1) is 16.8 Å². The average molecular weight is 508 g/mol. The Morgan fingerprint density at radius 1 is 1.24 bits per heavy atom. The highest BCUT2D eigenvalue weighted by Crippen LogP contribution is 2.27. The van der Waals surface area contributed by atoms with E-state index in [4.69, 9.17) is 4.74 Å². The first-order valence-electron chi connectivity index (χ1n) is 11.1. The molecule has 4 rings (SSSR count). The number of piperidine rings is 1. The number of sulfonamides is 1. The van der Waals surface area contributed by atoms with Crippen molar-refractivity contribution in [2.75, 3.05) is 26.3 Å². The lowest BCUT2D eigenvalue weighted by atomic mass is 9.98. The van der Waals surface area contributed by atoms with Gasteiger partial charge in [-0.2, -0.15) is 9.30 Å². The number of hydrogen-bond acceptors (Lipinski definition) is 6. The highest BCUT2D eigenvalue weighted by atomic mass is 32.2. The van der Waals surface area contributed by atoms with Gasteiger partial charge in [0.15, 0.2) is 4.80 Å². The van der Waals surface area contributed by atoms with Crippen molar-refractivity contribution in [1.82, 2.24) is 8.87 Å². The molecule has 7 nitrogen and oxygen atoms in total. The molecule has 33 heavy (non-hydrogen) atoms. The molecule has 0 atom stereocenters. The zero-order valence-corrected chi connectivity index (χ0v) is 21.6. The average Bonchev–Trinajstić information content (AvgIpc) is 3.44. The first-order valence-corrected chi connectivity index (χ1v) is 14.3. The van der Waals surface area contributed by atoms with Gasteiger partial charge in [0.2, 0.25) is 0 Å². The molecule has 2 aromatic heterocycles. The molecule has 0 saturated carbocycles. The van der Waals surface area contributed by atoms with Crippen LogP contribution >= 0.6 is 22.7 Å². The van der Waals surface area contributed by atoms with E-state index in [9.17, 15) is 13.2 Å². The van der Waals surface area contributed by atoms with Crippen LogP contribution in [0.4, 0.5) is 0 Å². The molecule has 0 aliphatic carbocycles. The number of benzene rings is 1. The number of rotatable bonds is 7. The minimum absolute atomic E-state index is 0.172. The molecule has 0 N–H and O–H groups in total. The Morgan fingerprint density at radius 3 is 2.67 bits per heavy atom. The molecule has 1 fully saturated rings. The molecular weight excluding hydrogens is 478 g/mol. The van der Waals surface area contributed by atoms with Crippen molar-refractivity contribution < 1.29 is 17.9 Å². The molecule has 3 heterocycles. The Kier molecular flexibility index (Phi) is 7.49. The highest BCUT2D eigenvalue weighted by Gasteiger charge is 2.32. The summed E-state index contributed by atoms with van der Waals surface area (Å²) in [6.07, 6.45) is 0.962. The number of ether oxygens (including phenoxy) is 1. The Morgan fingerprint density at radius 2 is 2.00 bits per heavy atom. The molecular formula is C23H29N3O4S3. The number of amides is 1. The summed E-state index contributed by atoms with van der Waals surface area (Å²) < 4.78 is 36.1. The van der Waals surface area contributed by atoms with E-state index in [1.807, 2.05) is 6.92 Å². The second kappa shape index (κ2) is 10.2. The van der Waals surface area contributed by atoms with Crippen molar-refractivity contribution in [3.05, 3.63) is 45.6 Å². The van der Waals surface area contributed by atoms with Crippen LogP contribution in [-0.4, -0.2) is 49.5 Å². The summed E-state index contributed by atoms with van der Waals surface area (Å²) in [5, 5.41) is 1.76. The van der Waals surface area contributed by atoms with Crippen LogP contribution in [0.25, 0.3) is 10.2 Å². The number of nitrogens with zero attached hydrogens (tertiary/aromatic N) is 3. The van der Waals surface area contributed by atoms with Crippen molar-refractivity contribution in [2.24, 2.45) is 10.9 Å². The summed E-state index contributed by atoms with van der Waals surface area (Å²) in [4.78, 5) is 18.3. The van der Waals surface area contributed by atoms with E-state index in [1.54, 1.807) is 17.5 Å². The van der Waals surface area contributed by atoms with Gasteiger partial charge in [-0.1, -0.05) is 23.5 Å². The van der Waals surface area contributed by atoms with Gasteiger partial charge in [-0.25, -0.2) is 8.42 Å². The van der Waals surface area contributed by atoms with Gasteiger partial charge in [0.1, 0.15) is 4.21 Å². The Hall–Kier alpha value is -1.85. The second-order valence-electron chi connectivity index (χ2n) is 8.22. The minimum atomic E-state index is -3.48. The standard InChI is InChI=1S/C23H29N3O4S3/c1-4-30-12-11-26-19-15-16(2)14-17(3)21(19)32-23(26)24-22(27)18-7-9-25(10-8-18)33(28,29)20-6-5-13-31-20/h5-6,13-15,18H,4,7-12H2,1-3H3. The van der Waals surface area contributed by atoms with E-state index in [1.165, 1.54) is 38.1 Å². The monoisotopic (exact) mass is 507 g/mol. The largest absolute Gasteiger partial charge is 0.380 e. The van der Waals surface area contributed by atoms with Gasteiger partial charge in [-0.15, -0.1) is 11.3 Å². The van der Waals surface area contributed by atoms with Gasteiger partial charge in [0, 0.05) is 32.2 Å². The maximum absolute atomic E-state index is 13.1. The Balaban J connectivity index is 1.56. The third-order valence-electron chi connectivity index (χ3n) is 5.88. The predicted octanol–water partition coefficient (Wildman–Crippen LogP) is 3.95. The zero-order valence-electron chi connectivity index (χ0n) is 19.1. The quantitative estimate of drug-likeness (QED) is 0.454. The number of hydrogen-bond donors (Lipinski definition) is 0. The van der Waals surface area contributed by atoms with Crippen LogP contribution in [0.15, 0.2) is 38.8 Å². The topological polar surface area (TPSA) is 81.0 Å². The SMILES string of the molecule is CCOCCn1c(=NC(=O)C2CCN(S(=O)(=O)c3cccs3)CC2)sc2c(C)cc(C)cc21. The summed E-state index contributed by atoms with van der Waals surface area (Å²) in [6.45, 7) is 8.59. The van der Waals surface area contributed by atoms with Gasteiger partial charge in [0.25, 0.3) is 15.9 Å². The number of carbonyl (C=O) groups excluding carboxylic acids is 1. The summed E-state index contributed by atoms with van der Waals surface area (Å²) in [5.74, 6) is -0.442. The summed E-state index contributed by atoms with van der Waals surface area (Å²) in [7, 11) is -3.48. The molecule has 1 amide bonds.